The molecule has 0 aliphatic carbocycles. The number of nitrogens with one attached hydrogen (secondary N) is 1. The molecule has 0 unspecified atom stereocenters. The summed E-state index contributed by atoms with van der Waals surface area (Å²) in [6.07, 6.45) is 0. The van der Waals surface area contributed by atoms with Gasteiger partial charge in [-0.15, -0.1) is 0 Å². The van der Waals surface area contributed by atoms with E-state index in [0.717, 1.165) is 10.8 Å². The van der Waals surface area contributed by atoms with Crippen LogP contribution in [-0.4, -0.2) is 57.0 Å². The molecule has 0 spiro atoms. The summed E-state index contributed by atoms with van der Waals surface area (Å²) in [6, 6.07) is 10.9. The summed E-state index contributed by atoms with van der Waals surface area (Å²) in [7, 11) is 4.40. The normalized spacial score (nSPS) is 10.2. The molecule has 0 aliphatic heterocycles. The molecule has 7 nitrogen and oxygen atoms in total. The molecule has 7 heteroatoms. The summed E-state index contributed by atoms with van der Waals surface area (Å²) in [5.74, 6) is -1.07. The highest BCUT2D eigenvalue weighted by molar-refractivity contribution is 5.99. The van der Waals surface area contributed by atoms with Crippen LogP contribution in [0.1, 0.15) is 10.4 Å². The van der Waals surface area contributed by atoms with Gasteiger partial charge in [-0.3, -0.25) is 9.59 Å². The zero-order valence-electron chi connectivity index (χ0n) is 14.4. The number of carbonyl (C=O) groups is 3. The Hall–Kier alpha value is -3.09. The van der Waals surface area contributed by atoms with E-state index in [9.17, 15) is 14.4 Å². The molecule has 2 rings (SSSR count). The Morgan fingerprint density at radius 1 is 1.12 bits per heavy atom. The van der Waals surface area contributed by atoms with Crippen molar-refractivity contribution in [1.29, 1.82) is 0 Å². The molecule has 0 bridgehead atoms. The fourth-order valence-corrected chi connectivity index (χ4v) is 2.25. The number of esters is 1. The lowest BCUT2D eigenvalue weighted by Crippen LogP contribution is -2.39. The molecule has 2 amide bonds. The Morgan fingerprint density at radius 2 is 1.76 bits per heavy atom. The van der Waals surface area contributed by atoms with Crippen molar-refractivity contribution in [2.45, 2.75) is 0 Å². The number of hydrogen-bond donors (Lipinski definition) is 1. The number of ether oxygens (including phenoxy) is 2. The van der Waals surface area contributed by atoms with Gasteiger partial charge in [0.1, 0.15) is 11.3 Å². The Labute approximate surface area is 145 Å². The lowest BCUT2D eigenvalue weighted by Gasteiger charge is -2.16. The average Bonchev–Trinajstić information content (AvgIpc) is 2.64. The summed E-state index contributed by atoms with van der Waals surface area (Å²) in [6.45, 7) is -0.561. The Kier molecular flexibility index (Phi) is 5.94. The molecule has 2 aromatic carbocycles. The molecule has 25 heavy (non-hydrogen) atoms. The first-order valence-electron chi connectivity index (χ1n) is 7.64. The van der Waals surface area contributed by atoms with E-state index in [4.69, 9.17) is 9.47 Å². The van der Waals surface area contributed by atoms with Gasteiger partial charge >= 0.3 is 5.97 Å². The molecule has 0 aliphatic rings. The molecule has 1 N–H and O–H groups in total. The highest BCUT2D eigenvalue weighted by Gasteiger charge is 2.18. The van der Waals surface area contributed by atoms with E-state index in [0.29, 0.717) is 5.75 Å². The third-order valence-electron chi connectivity index (χ3n) is 3.70. The van der Waals surface area contributed by atoms with Crippen LogP contribution in [-0.2, 0) is 14.3 Å². The van der Waals surface area contributed by atoms with E-state index in [2.05, 4.69) is 5.32 Å². The monoisotopic (exact) mass is 344 g/mol. The first kappa shape index (κ1) is 18.3. The fraction of sp³-hybridized carbons (Fsp3) is 0.278. The maximum atomic E-state index is 12.3. The first-order valence-corrected chi connectivity index (χ1v) is 7.64. The van der Waals surface area contributed by atoms with Gasteiger partial charge in [-0.05, 0) is 22.9 Å². The number of fused-ring (bicyclic) bond motifs is 1. The van der Waals surface area contributed by atoms with Gasteiger partial charge in [0.05, 0.1) is 13.7 Å². The van der Waals surface area contributed by atoms with E-state index < -0.39 is 18.5 Å². The van der Waals surface area contributed by atoms with Crippen LogP contribution in [0.4, 0.5) is 0 Å². The van der Waals surface area contributed by atoms with Gasteiger partial charge in [0.2, 0.25) is 5.91 Å². The van der Waals surface area contributed by atoms with Crippen molar-refractivity contribution in [1.82, 2.24) is 10.2 Å². The molecule has 0 heterocycles. The minimum absolute atomic E-state index is 0.105. The highest BCUT2D eigenvalue weighted by atomic mass is 16.5. The summed E-state index contributed by atoms with van der Waals surface area (Å²) in [4.78, 5) is 36.7. The van der Waals surface area contributed by atoms with Gasteiger partial charge in [0, 0.05) is 14.1 Å². The maximum Gasteiger partial charge on any atom is 0.342 e. The zero-order valence-corrected chi connectivity index (χ0v) is 14.4. The Morgan fingerprint density at radius 3 is 2.36 bits per heavy atom. The summed E-state index contributed by atoms with van der Waals surface area (Å²) < 4.78 is 10.3. The van der Waals surface area contributed by atoms with E-state index in [1.165, 1.54) is 26.1 Å². The first-order chi connectivity index (χ1) is 12.0. The number of likely N-dealkylation sites (N-methyl/N-ethyl adjacent to an activating group) is 2. The molecular weight excluding hydrogens is 324 g/mol. The minimum Gasteiger partial charge on any atom is -0.496 e. The van der Waals surface area contributed by atoms with Crippen LogP contribution in [0.15, 0.2) is 36.4 Å². The number of methoxy groups -OCH3 is 1. The summed E-state index contributed by atoms with van der Waals surface area (Å²) in [5, 5.41) is 4.20. The van der Waals surface area contributed by atoms with Crippen molar-refractivity contribution < 1.29 is 23.9 Å². The van der Waals surface area contributed by atoms with Gasteiger partial charge in [-0.2, -0.15) is 0 Å². The predicted octanol–water partition coefficient (Wildman–Crippen LogP) is 1.21. The number of rotatable bonds is 6. The third-order valence-corrected chi connectivity index (χ3v) is 3.70. The number of amides is 2. The topological polar surface area (TPSA) is 84.9 Å². The summed E-state index contributed by atoms with van der Waals surface area (Å²) in [5.41, 5.74) is 0.239. The van der Waals surface area contributed by atoms with Crippen LogP contribution in [0.3, 0.4) is 0 Å². The predicted molar refractivity (Wildman–Crippen MR) is 92.5 cm³/mol. The SMILES string of the molecule is CNC(=O)CN(C)C(=O)COC(=O)c1cc2ccccc2cc1OC. The van der Waals surface area contributed by atoms with Gasteiger partial charge < -0.3 is 19.7 Å². The molecule has 0 radical (unpaired) electrons. The second-order valence-electron chi connectivity index (χ2n) is 5.40. The quantitative estimate of drug-likeness (QED) is 0.796. The van der Waals surface area contributed by atoms with Gasteiger partial charge in [-0.1, -0.05) is 24.3 Å². The average molecular weight is 344 g/mol. The van der Waals surface area contributed by atoms with Crippen LogP contribution < -0.4 is 10.1 Å². The van der Waals surface area contributed by atoms with Crippen molar-refractivity contribution in [3.63, 3.8) is 0 Å². The van der Waals surface area contributed by atoms with Crippen molar-refractivity contribution in [2.24, 2.45) is 0 Å². The van der Waals surface area contributed by atoms with E-state index in [1.807, 2.05) is 24.3 Å². The van der Waals surface area contributed by atoms with E-state index in [-0.39, 0.29) is 18.0 Å². The second-order valence-corrected chi connectivity index (χ2v) is 5.40. The van der Waals surface area contributed by atoms with Crippen molar-refractivity contribution in [2.75, 3.05) is 34.4 Å². The lowest BCUT2D eigenvalue weighted by atomic mass is 10.1. The van der Waals surface area contributed by atoms with Crippen LogP contribution in [0.25, 0.3) is 10.8 Å². The lowest BCUT2D eigenvalue weighted by molar-refractivity contribution is -0.137. The molecule has 0 aromatic heterocycles. The third kappa shape index (κ3) is 4.47. The fourth-order valence-electron chi connectivity index (χ4n) is 2.25. The highest BCUT2D eigenvalue weighted by Crippen LogP contribution is 2.26. The minimum atomic E-state index is -0.663. The summed E-state index contributed by atoms with van der Waals surface area (Å²) >= 11 is 0. The molecule has 132 valence electrons. The molecule has 0 fully saturated rings. The molecule has 0 atom stereocenters. The smallest absolute Gasteiger partial charge is 0.342 e. The largest absolute Gasteiger partial charge is 0.496 e. The van der Waals surface area contributed by atoms with Crippen LogP contribution in [0, 0.1) is 0 Å². The number of nitrogens with zero attached hydrogens (tertiary/aromatic N) is 1. The Bertz CT molecular complexity index is 803. The van der Waals surface area contributed by atoms with Gasteiger partial charge in [0.25, 0.3) is 5.91 Å². The second kappa shape index (κ2) is 8.14. The van der Waals surface area contributed by atoms with E-state index >= 15 is 0 Å². The molecule has 0 saturated heterocycles. The van der Waals surface area contributed by atoms with E-state index in [1.54, 1.807) is 12.1 Å². The van der Waals surface area contributed by atoms with Crippen LogP contribution in [0.5, 0.6) is 5.75 Å². The van der Waals surface area contributed by atoms with Crippen molar-refractivity contribution in [3.05, 3.63) is 42.0 Å². The standard InChI is InChI=1S/C18H20N2O5/c1-19-16(21)10-20(2)17(22)11-25-18(23)14-8-12-6-4-5-7-13(12)9-15(14)24-3/h4-9H,10-11H2,1-3H3,(H,19,21). The molecular formula is C18H20N2O5. The van der Waals surface area contributed by atoms with Crippen LogP contribution >= 0.6 is 0 Å². The molecule has 2 aromatic rings. The van der Waals surface area contributed by atoms with Crippen molar-refractivity contribution in [3.8, 4) is 5.75 Å². The Balaban J connectivity index is 2.09. The number of benzene rings is 2. The van der Waals surface area contributed by atoms with Gasteiger partial charge in [0.15, 0.2) is 6.61 Å². The number of hydrogen-bond acceptors (Lipinski definition) is 5. The van der Waals surface area contributed by atoms with Gasteiger partial charge in [-0.25, -0.2) is 4.79 Å². The van der Waals surface area contributed by atoms with Crippen LogP contribution in [0.2, 0.25) is 0 Å². The maximum absolute atomic E-state index is 12.3. The zero-order chi connectivity index (χ0) is 18.4. The molecule has 0 saturated carbocycles. The van der Waals surface area contributed by atoms with Crippen molar-refractivity contribution >= 4 is 28.6 Å². The number of carbonyl (C=O) groups excluding carboxylic acids is 3.